The first-order valence-corrected chi connectivity index (χ1v) is 6.00. The number of fused-ring (bicyclic) bond motifs is 1. The lowest BCUT2D eigenvalue weighted by molar-refractivity contribution is 0.748. The molecule has 0 aromatic carbocycles. The van der Waals surface area contributed by atoms with E-state index in [4.69, 9.17) is 4.98 Å². The molecule has 0 N–H and O–H groups in total. The fraction of sp³-hybridized carbons (Fsp3) is 0.500. The number of hydrogen-bond donors (Lipinski definition) is 0. The van der Waals surface area contributed by atoms with Gasteiger partial charge in [-0.1, -0.05) is 33.8 Å². The molecule has 0 saturated carbocycles. The molecule has 0 bridgehead atoms. The molecular weight excluding hydrogens is 196 g/mol. The van der Waals surface area contributed by atoms with Crippen LogP contribution in [0.3, 0.4) is 0 Å². The Hall–Kier alpha value is -1.31. The molecule has 16 heavy (non-hydrogen) atoms. The molecule has 0 spiro atoms. The SMILES string of the molecule is Cc1cccc2c(C(C)C)nc(C(C)C)n12. The van der Waals surface area contributed by atoms with E-state index < -0.39 is 0 Å². The van der Waals surface area contributed by atoms with Crippen LogP contribution in [-0.2, 0) is 0 Å². The van der Waals surface area contributed by atoms with Gasteiger partial charge in [-0.25, -0.2) is 4.98 Å². The van der Waals surface area contributed by atoms with Crippen molar-refractivity contribution in [3.63, 3.8) is 0 Å². The molecular formula is C14H20N2. The van der Waals surface area contributed by atoms with Crippen LogP contribution in [0, 0.1) is 6.92 Å². The van der Waals surface area contributed by atoms with Gasteiger partial charge in [0.1, 0.15) is 5.82 Å². The van der Waals surface area contributed by atoms with Crippen molar-refractivity contribution in [1.82, 2.24) is 9.38 Å². The number of aryl methyl sites for hydroxylation is 1. The van der Waals surface area contributed by atoms with Crippen LogP contribution >= 0.6 is 0 Å². The van der Waals surface area contributed by atoms with Crippen LogP contribution in [0.4, 0.5) is 0 Å². The Labute approximate surface area is 97.3 Å². The standard InChI is InChI=1S/C14H20N2/c1-9(2)13-12-8-6-7-11(5)16(12)14(15-13)10(3)4/h6-10H,1-5H3. The summed E-state index contributed by atoms with van der Waals surface area (Å²) >= 11 is 0. The van der Waals surface area contributed by atoms with Gasteiger partial charge in [-0.3, -0.25) is 0 Å². The molecule has 0 atom stereocenters. The van der Waals surface area contributed by atoms with Gasteiger partial charge < -0.3 is 4.40 Å². The van der Waals surface area contributed by atoms with Crippen LogP contribution in [0.2, 0.25) is 0 Å². The number of hydrogen-bond acceptors (Lipinski definition) is 1. The number of nitrogens with zero attached hydrogens (tertiary/aromatic N) is 2. The van der Waals surface area contributed by atoms with Crippen molar-refractivity contribution in [3.8, 4) is 0 Å². The van der Waals surface area contributed by atoms with Crippen molar-refractivity contribution in [3.05, 3.63) is 35.4 Å². The predicted molar refractivity (Wildman–Crippen MR) is 68.1 cm³/mol. The summed E-state index contributed by atoms with van der Waals surface area (Å²) in [7, 11) is 0. The summed E-state index contributed by atoms with van der Waals surface area (Å²) in [6, 6.07) is 6.42. The lowest BCUT2D eigenvalue weighted by atomic mass is 10.1. The van der Waals surface area contributed by atoms with Crippen molar-refractivity contribution in [2.24, 2.45) is 0 Å². The topological polar surface area (TPSA) is 17.3 Å². The largest absolute Gasteiger partial charge is 0.300 e. The summed E-state index contributed by atoms with van der Waals surface area (Å²) in [5, 5.41) is 0. The molecule has 2 heterocycles. The van der Waals surface area contributed by atoms with Crippen LogP contribution in [0.15, 0.2) is 18.2 Å². The van der Waals surface area contributed by atoms with Crippen LogP contribution in [0.1, 0.15) is 56.7 Å². The number of imidazole rings is 1. The Kier molecular flexibility index (Phi) is 2.75. The summed E-state index contributed by atoms with van der Waals surface area (Å²) in [4.78, 5) is 4.81. The van der Waals surface area contributed by atoms with E-state index in [0.717, 1.165) is 0 Å². The van der Waals surface area contributed by atoms with E-state index in [9.17, 15) is 0 Å². The molecule has 0 saturated heterocycles. The summed E-state index contributed by atoms with van der Waals surface area (Å²) < 4.78 is 2.29. The minimum atomic E-state index is 0.459. The van der Waals surface area contributed by atoms with Gasteiger partial charge in [0.15, 0.2) is 0 Å². The molecule has 2 aromatic rings. The molecule has 2 heteroatoms. The fourth-order valence-electron chi connectivity index (χ4n) is 2.16. The molecule has 0 aliphatic carbocycles. The van der Waals surface area contributed by atoms with Crippen LogP contribution in [0.5, 0.6) is 0 Å². The smallest absolute Gasteiger partial charge is 0.116 e. The second kappa shape index (κ2) is 3.93. The Balaban J connectivity index is 2.82. The first kappa shape index (κ1) is 11.2. The maximum absolute atomic E-state index is 4.81. The van der Waals surface area contributed by atoms with Gasteiger partial charge >= 0.3 is 0 Å². The first-order chi connectivity index (χ1) is 7.52. The van der Waals surface area contributed by atoms with Gasteiger partial charge in [-0.2, -0.15) is 0 Å². The highest BCUT2D eigenvalue weighted by Crippen LogP contribution is 2.25. The van der Waals surface area contributed by atoms with Crippen molar-refractivity contribution in [2.75, 3.05) is 0 Å². The highest BCUT2D eigenvalue weighted by molar-refractivity contribution is 5.56. The summed E-state index contributed by atoms with van der Waals surface area (Å²) in [5.41, 5.74) is 3.74. The Morgan fingerprint density at radius 1 is 1.06 bits per heavy atom. The maximum atomic E-state index is 4.81. The molecule has 0 aliphatic heterocycles. The van der Waals surface area contributed by atoms with Crippen molar-refractivity contribution in [2.45, 2.75) is 46.5 Å². The summed E-state index contributed by atoms with van der Waals surface area (Å²) in [6.07, 6.45) is 0. The van der Waals surface area contributed by atoms with Crippen molar-refractivity contribution < 1.29 is 0 Å². The molecule has 0 aliphatic rings. The zero-order chi connectivity index (χ0) is 11.9. The molecule has 0 amide bonds. The van der Waals surface area contributed by atoms with Gasteiger partial charge in [0.25, 0.3) is 0 Å². The van der Waals surface area contributed by atoms with E-state index >= 15 is 0 Å². The van der Waals surface area contributed by atoms with E-state index in [1.54, 1.807) is 0 Å². The van der Waals surface area contributed by atoms with Gasteiger partial charge in [-0.15, -0.1) is 0 Å². The van der Waals surface area contributed by atoms with Crippen LogP contribution in [-0.4, -0.2) is 9.38 Å². The van der Waals surface area contributed by atoms with Crippen LogP contribution < -0.4 is 0 Å². The monoisotopic (exact) mass is 216 g/mol. The third-order valence-electron chi connectivity index (χ3n) is 2.97. The van der Waals surface area contributed by atoms with Crippen molar-refractivity contribution >= 4 is 5.52 Å². The second-order valence-electron chi connectivity index (χ2n) is 5.05. The van der Waals surface area contributed by atoms with Gasteiger partial charge in [0, 0.05) is 11.6 Å². The van der Waals surface area contributed by atoms with E-state index in [1.807, 2.05) is 0 Å². The number of rotatable bonds is 2. The van der Waals surface area contributed by atoms with E-state index in [-0.39, 0.29) is 0 Å². The third-order valence-corrected chi connectivity index (χ3v) is 2.97. The quantitative estimate of drug-likeness (QED) is 0.744. The molecule has 0 unspecified atom stereocenters. The number of pyridine rings is 1. The normalized spacial score (nSPS) is 11.9. The average Bonchev–Trinajstić information content (AvgIpc) is 2.58. The second-order valence-corrected chi connectivity index (χ2v) is 5.05. The predicted octanol–water partition coefficient (Wildman–Crippen LogP) is 3.89. The highest BCUT2D eigenvalue weighted by Gasteiger charge is 2.16. The van der Waals surface area contributed by atoms with E-state index in [2.05, 4.69) is 57.2 Å². The highest BCUT2D eigenvalue weighted by atomic mass is 15.0. The van der Waals surface area contributed by atoms with Gasteiger partial charge in [-0.05, 0) is 25.0 Å². The molecule has 2 nitrogen and oxygen atoms in total. The zero-order valence-electron chi connectivity index (χ0n) is 10.8. The summed E-state index contributed by atoms with van der Waals surface area (Å²) in [5.74, 6) is 2.11. The van der Waals surface area contributed by atoms with Crippen LogP contribution in [0.25, 0.3) is 5.52 Å². The Morgan fingerprint density at radius 2 is 1.75 bits per heavy atom. The number of aromatic nitrogens is 2. The van der Waals surface area contributed by atoms with E-state index in [1.165, 1.54) is 22.7 Å². The van der Waals surface area contributed by atoms with Gasteiger partial charge in [0.2, 0.25) is 0 Å². The molecule has 2 aromatic heterocycles. The average molecular weight is 216 g/mol. The molecule has 0 fully saturated rings. The minimum Gasteiger partial charge on any atom is -0.300 e. The molecule has 86 valence electrons. The summed E-state index contributed by atoms with van der Waals surface area (Å²) in [6.45, 7) is 10.9. The third kappa shape index (κ3) is 1.62. The Bertz CT molecular complexity index is 507. The fourth-order valence-corrected chi connectivity index (χ4v) is 2.16. The maximum Gasteiger partial charge on any atom is 0.116 e. The molecule has 0 radical (unpaired) electrons. The molecule has 2 rings (SSSR count). The van der Waals surface area contributed by atoms with Gasteiger partial charge in [0.05, 0.1) is 11.2 Å². The lowest BCUT2D eigenvalue weighted by Gasteiger charge is -2.07. The van der Waals surface area contributed by atoms with Crippen molar-refractivity contribution in [1.29, 1.82) is 0 Å². The van der Waals surface area contributed by atoms with E-state index in [0.29, 0.717) is 11.8 Å². The Morgan fingerprint density at radius 3 is 2.31 bits per heavy atom. The lowest BCUT2D eigenvalue weighted by Crippen LogP contribution is -1.99. The first-order valence-electron chi connectivity index (χ1n) is 6.00. The minimum absolute atomic E-state index is 0.459. The zero-order valence-corrected chi connectivity index (χ0v) is 10.8.